The quantitative estimate of drug-likeness (QED) is 0.704. The van der Waals surface area contributed by atoms with Crippen molar-refractivity contribution in [1.82, 2.24) is 9.80 Å². The molecule has 1 fully saturated rings. The molecule has 0 radical (unpaired) electrons. The molecule has 0 spiro atoms. The highest BCUT2D eigenvalue weighted by molar-refractivity contribution is 5.80. The minimum atomic E-state index is 0.155. The number of likely N-dealkylation sites (tertiary alicyclic amines) is 1. The number of nitrogens with zero attached hydrogens (tertiary/aromatic N) is 2. The molecule has 1 unspecified atom stereocenters. The first-order valence-electron chi connectivity index (χ1n) is 9.97. The van der Waals surface area contributed by atoms with Gasteiger partial charge < -0.3 is 14.5 Å². The molecule has 0 saturated carbocycles. The highest BCUT2D eigenvalue weighted by atomic mass is 16.5. The van der Waals surface area contributed by atoms with E-state index in [1.54, 1.807) is 7.11 Å². The van der Waals surface area contributed by atoms with E-state index in [-0.39, 0.29) is 5.92 Å². The van der Waals surface area contributed by atoms with Crippen molar-refractivity contribution in [2.24, 2.45) is 11.8 Å². The number of piperidine rings is 1. The Morgan fingerprint density at radius 2 is 1.85 bits per heavy atom. The van der Waals surface area contributed by atoms with Gasteiger partial charge in [-0.25, -0.2) is 0 Å². The number of amides is 1. The van der Waals surface area contributed by atoms with E-state index < -0.39 is 0 Å². The van der Waals surface area contributed by atoms with Gasteiger partial charge in [0.05, 0.1) is 6.61 Å². The average Bonchev–Trinajstić information content (AvgIpc) is 2.87. The fourth-order valence-electron chi connectivity index (χ4n) is 4.18. The summed E-state index contributed by atoms with van der Waals surface area (Å²) in [5, 5.41) is 0. The van der Waals surface area contributed by atoms with Crippen LogP contribution in [0.4, 0.5) is 0 Å². The first kappa shape index (κ1) is 19.1. The normalized spacial score (nSPS) is 22.6. The lowest BCUT2D eigenvalue weighted by atomic mass is 9.81. The number of ether oxygens (including phenoxy) is 1. The standard InChI is InChI=1S/C22H32N2O2/c1-26-18-17-24-13-6-5-9-21(22(24)25)20-11-15-23(16-12-20)14-10-19-7-3-2-4-8-19/h2-8,20-21H,9-18H2,1H3. The maximum atomic E-state index is 13.0. The Bertz CT molecular complexity index is 579. The van der Waals surface area contributed by atoms with Crippen molar-refractivity contribution < 1.29 is 9.53 Å². The summed E-state index contributed by atoms with van der Waals surface area (Å²) in [5.74, 6) is 1.000. The third-order valence-corrected chi connectivity index (χ3v) is 5.84. The summed E-state index contributed by atoms with van der Waals surface area (Å²) >= 11 is 0. The molecule has 1 amide bonds. The first-order valence-corrected chi connectivity index (χ1v) is 9.97. The molecule has 1 aromatic rings. The van der Waals surface area contributed by atoms with Crippen molar-refractivity contribution in [1.29, 1.82) is 0 Å². The van der Waals surface area contributed by atoms with Crippen LogP contribution in [0.3, 0.4) is 0 Å². The highest BCUT2D eigenvalue weighted by Crippen LogP contribution is 2.30. The zero-order chi connectivity index (χ0) is 18.2. The third kappa shape index (κ3) is 5.18. The van der Waals surface area contributed by atoms with Crippen molar-refractivity contribution >= 4 is 5.91 Å². The molecule has 142 valence electrons. The van der Waals surface area contributed by atoms with Crippen LogP contribution in [0.15, 0.2) is 42.5 Å². The van der Waals surface area contributed by atoms with Crippen LogP contribution in [0.2, 0.25) is 0 Å². The lowest BCUT2D eigenvalue weighted by molar-refractivity contribution is -0.137. The minimum absolute atomic E-state index is 0.155. The summed E-state index contributed by atoms with van der Waals surface area (Å²) in [7, 11) is 1.70. The van der Waals surface area contributed by atoms with Crippen LogP contribution in [-0.2, 0) is 16.0 Å². The summed E-state index contributed by atoms with van der Waals surface area (Å²) in [6.45, 7) is 5.40. The van der Waals surface area contributed by atoms with Gasteiger partial charge in [-0.2, -0.15) is 0 Å². The van der Waals surface area contributed by atoms with Crippen molar-refractivity contribution in [3.63, 3.8) is 0 Å². The molecule has 26 heavy (non-hydrogen) atoms. The number of hydrogen-bond donors (Lipinski definition) is 0. The minimum Gasteiger partial charge on any atom is -0.383 e. The third-order valence-electron chi connectivity index (χ3n) is 5.84. The zero-order valence-corrected chi connectivity index (χ0v) is 16.0. The van der Waals surface area contributed by atoms with E-state index in [1.807, 2.05) is 4.90 Å². The van der Waals surface area contributed by atoms with Gasteiger partial charge in [0.2, 0.25) is 5.91 Å². The van der Waals surface area contributed by atoms with E-state index >= 15 is 0 Å². The molecule has 1 atom stereocenters. The molecule has 2 aliphatic heterocycles. The van der Waals surface area contributed by atoms with E-state index in [1.165, 1.54) is 5.56 Å². The van der Waals surface area contributed by atoms with E-state index in [2.05, 4.69) is 47.4 Å². The summed E-state index contributed by atoms with van der Waals surface area (Å²) in [4.78, 5) is 17.5. The van der Waals surface area contributed by atoms with Gasteiger partial charge >= 0.3 is 0 Å². The summed E-state index contributed by atoms with van der Waals surface area (Å²) in [6, 6.07) is 10.7. The van der Waals surface area contributed by atoms with Crippen LogP contribution in [0, 0.1) is 11.8 Å². The number of carbonyl (C=O) groups is 1. The second-order valence-corrected chi connectivity index (χ2v) is 7.51. The second-order valence-electron chi connectivity index (χ2n) is 7.51. The fourth-order valence-corrected chi connectivity index (χ4v) is 4.18. The molecule has 3 rings (SSSR count). The van der Waals surface area contributed by atoms with Crippen molar-refractivity contribution in [2.75, 3.05) is 46.4 Å². The molecule has 4 heteroatoms. The van der Waals surface area contributed by atoms with Gasteiger partial charge in [-0.1, -0.05) is 42.5 Å². The maximum absolute atomic E-state index is 13.0. The van der Waals surface area contributed by atoms with Crippen LogP contribution >= 0.6 is 0 Å². The van der Waals surface area contributed by atoms with E-state index in [9.17, 15) is 4.79 Å². The smallest absolute Gasteiger partial charge is 0.226 e. The number of allylic oxidation sites excluding steroid dienone is 1. The van der Waals surface area contributed by atoms with E-state index in [0.29, 0.717) is 25.0 Å². The molecule has 0 aromatic heterocycles. The Morgan fingerprint density at radius 1 is 1.08 bits per heavy atom. The maximum Gasteiger partial charge on any atom is 0.226 e. The molecule has 0 aliphatic carbocycles. The van der Waals surface area contributed by atoms with Crippen molar-refractivity contribution in [3.05, 3.63) is 48.0 Å². The predicted octanol–water partition coefficient (Wildman–Crippen LogP) is 2.99. The van der Waals surface area contributed by atoms with Crippen LogP contribution in [0.25, 0.3) is 0 Å². The Morgan fingerprint density at radius 3 is 2.58 bits per heavy atom. The Labute approximate surface area is 157 Å². The Kier molecular flexibility index (Phi) is 7.27. The SMILES string of the molecule is COCCN1CC=CCC(C2CCN(CCc3ccccc3)CC2)C1=O. The Hall–Kier alpha value is -1.65. The van der Waals surface area contributed by atoms with Gasteiger partial charge in [-0.15, -0.1) is 0 Å². The molecular formula is C22H32N2O2. The van der Waals surface area contributed by atoms with Gasteiger partial charge in [0.25, 0.3) is 0 Å². The fraction of sp³-hybridized carbons (Fsp3) is 0.591. The van der Waals surface area contributed by atoms with Gasteiger partial charge in [0.15, 0.2) is 0 Å². The first-order chi connectivity index (χ1) is 12.8. The summed E-state index contributed by atoms with van der Waals surface area (Å²) < 4.78 is 5.17. The Balaban J connectivity index is 1.48. The van der Waals surface area contributed by atoms with Gasteiger partial charge in [0, 0.05) is 32.7 Å². The number of methoxy groups -OCH3 is 1. The number of rotatable bonds is 7. The predicted molar refractivity (Wildman–Crippen MR) is 105 cm³/mol. The molecule has 1 aromatic carbocycles. The van der Waals surface area contributed by atoms with Crippen LogP contribution in [0.1, 0.15) is 24.8 Å². The number of hydrogen-bond acceptors (Lipinski definition) is 3. The molecular weight excluding hydrogens is 324 g/mol. The van der Waals surface area contributed by atoms with Crippen LogP contribution in [0.5, 0.6) is 0 Å². The lowest BCUT2D eigenvalue weighted by Crippen LogP contribution is -2.43. The van der Waals surface area contributed by atoms with Crippen LogP contribution < -0.4 is 0 Å². The molecule has 2 aliphatic rings. The molecule has 2 heterocycles. The van der Waals surface area contributed by atoms with Crippen molar-refractivity contribution in [3.8, 4) is 0 Å². The monoisotopic (exact) mass is 356 g/mol. The highest BCUT2D eigenvalue weighted by Gasteiger charge is 2.33. The zero-order valence-electron chi connectivity index (χ0n) is 16.0. The van der Waals surface area contributed by atoms with Gasteiger partial charge in [-0.3, -0.25) is 4.79 Å². The average molecular weight is 357 g/mol. The molecule has 1 saturated heterocycles. The van der Waals surface area contributed by atoms with Gasteiger partial charge in [0.1, 0.15) is 0 Å². The topological polar surface area (TPSA) is 32.8 Å². The molecule has 4 nitrogen and oxygen atoms in total. The van der Waals surface area contributed by atoms with E-state index in [0.717, 1.165) is 51.9 Å². The van der Waals surface area contributed by atoms with E-state index in [4.69, 9.17) is 4.74 Å². The molecule has 0 bridgehead atoms. The number of benzene rings is 1. The lowest BCUT2D eigenvalue weighted by Gasteiger charge is -2.36. The molecule has 0 N–H and O–H groups in total. The van der Waals surface area contributed by atoms with Crippen LogP contribution in [-0.4, -0.2) is 62.1 Å². The largest absolute Gasteiger partial charge is 0.383 e. The summed E-state index contributed by atoms with van der Waals surface area (Å²) in [6.07, 6.45) is 8.63. The van der Waals surface area contributed by atoms with Gasteiger partial charge in [-0.05, 0) is 50.3 Å². The summed E-state index contributed by atoms with van der Waals surface area (Å²) in [5.41, 5.74) is 1.41. The second kappa shape index (κ2) is 9.89. The van der Waals surface area contributed by atoms with Crippen molar-refractivity contribution in [2.45, 2.75) is 25.7 Å². The number of carbonyl (C=O) groups excluding carboxylic acids is 1.